The maximum Gasteiger partial charge on any atom is 0.285 e. The molecule has 0 unspecified atom stereocenters. The van der Waals surface area contributed by atoms with Crippen LogP contribution in [0.25, 0.3) is 0 Å². The maximum absolute atomic E-state index is 11.6. The van der Waals surface area contributed by atoms with Crippen LogP contribution >= 0.6 is 0 Å². The normalized spacial score (nSPS) is 10.3. The highest BCUT2D eigenvalue weighted by atomic mass is 16.6. The summed E-state index contributed by atoms with van der Waals surface area (Å²) in [5.41, 5.74) is 0.705. The van der Waals surface area contributed by atoms with Gasteiger partial charge >= 0.3 is 0 Å². The Bertz CT molecular complexity index is 694. The lowest BCUT2D eigenvalue weighted by molar-refractivity contribution is -0.385. The first kappa shape index (κ1) is 14.8. The van der Waals surface area contributed by atoms with Gasteiger partial charge in [0.25, 0.3) is 11.2 Å². The van der Waals surface area contributed by atoms with E-state index in [0.29, 0.717) is 19.6 Å². The van der Waals surface area contributed by atoms with E-state index >= 15 is 0 Å². The van der Waals surface area contributed by atoms with Crippen LogP contribution in [0.2, 0.25) is 0 Å². The lowest BCUT2D eigenvalue weighted by Crippen LogP contribution is -2.20. The molecule has 21 heavy (non-hydrogen) atoms. The van der Waals surface area contributed by atoms with Gasteiger partial charge in [0.05, 0.1) is 17.7 Å². The van der Waals surface area contributed by atoms with Crippen LogP contribution in [0.1, 0.15) is 12.0 Å². The highest BCUT2D eigenvalue weighted by molar-refractivity contribution is 5.31. The first-order valence-electron chi connectivity index (χ1n) is 6.61. The van der Waals surface area contributed by atoms with Gasteiger partial charge in [0.2, 0.25) is 0 Å². The number of benzene rings is 1. The fourth-order valence-corrected chi connectivity index (χ4v) is 1.94. The van der Waals surface area contributed by atoms with Crippen LogP contribution in [0.4, 0.5) is 5.69 Å². The Labute approximate surface area is 121 Å². The highest BCUT2D eigenvalue weighted by Gasteiger charge is 2.07. The largest absolute Gasteiger partial charge is 0.493 e. The second-order valence-corrected chi connectivity index (χ2v) is 4.64. The van der Waals surface area contributed by atoms with Gasteiger partial charge in [-0.05, 0) is 25.0 Å². The van der Waals surface area contributed by atoms with Crippen molar-refractivity contribution in [2.45, 2.75) is 19.9 Å². The molecule has 1 aromatic carbocycles. The average molecular weight is 288 g/mol. The van der Waals surface area contributed by atoms with Crippen molar-refractivity contribution < 1.29 is 9.66 Å². The van der Waals surface area contributed by atoms with Gasteiger partial charge in [0.1, 0.15) is 5.75 Å². The van der Waals surface area contributed by atoms with Gasteiger partial charge in [-0.2, -0.15) is 0 Å². The van der Waals surface area contributed by atoms with Crippen LogP contribution in [0, 0.1) is 17.0 Å². The van der Waals surface area contributed by atoms with Gasteiger partial charge in [-0.1, -0.05) is 18.2 Å². The highest BCUT2D eigenvalue weighted by Crippen LogP contribution is 2.16. The van der Waals surface area contributed by atoms with Crippen LogP contribution < -0.4 is 10.3 Å². The zero-order chi connectivity index (χ0) is 15.2. The number of rotatable bonds is 6. The molecule has 0 radical (unpaired) electrons. The molecule has 0 saturated carbocycles. The van der Waals surface area contributed by atoms with Crippen LogP contribution in [-0.2, 0) is 6.54 Å². The number of aryl methyl sites for hydroxylation is 2. The molecule has 2 rings (SSSR count). The van der Waals surface area contributed by atoms with Crippen molar-refractivity contribution in [1.29, 1.82) is 0 Å². The molecule has 1 heterocycles. The van der Waals surface area contributed by atoms with Crippen molar-refractivity contribution >= 4 is 5.69 Å². The molecule has 110 valence electrons. The summed E-state index contributed by atoms with van der Waals surface area (Å²) in [6, 6.07) is 10.1. The predicted molar refractivity (Wildman–Crippen MR) is 78.6 cm³/mol. The molecule has 0 atom stereocenters. The number of para-hydroxylation sites is 1. The van der Waals surface area contributed by atoms with E-state index in [2.05, 4.69) is 0 Å². The van der Waals surface area contributed by atoms with Crippen molar-refractivity contribution in [3.05, 3.63) is 68.6 Å². The third kappa shape index (κ3) is 3.92. The lowest BCUT2D eigenvalue weighted by Gasteiger charge is -2.09. The number of nitro groups is 1. The van der Waals surface area contributed by atoms with Crippen LogP contribution in [0.3, 0.4) is 0 Å². The van der Waals surface area contributed by atoms with Crippen molar-refractivity contribution in [1.82, 2.24) is 4.57 Å². The Balaban J connectivity index is 1.92. The zero-order valence-electron chi connectivity index (χ0n) is 11.7. The molecule has 0 aliphatic rings. The first-order valence-corrected chi connectivity index (χ1v) is 6.61. The molecular formula is C15H16N2O4. The van der Waals surface area contributed by atoms with Crippen LogP contribution in [-0.4, -0.2) is 16.1 Å². The molecule has 6 heteroatoms. The summed E-state index contributed by atoms with van der Waals surface area (Å²) < 4.78 is 6.96. The van der Waals surface area contributed by atoms with Gasteiger partial charge in [-0.25, -0.2) is 0 Å². The Hall–Kier alpha value is -2.63. The number of hydrogen-bond donors (Lipinski definition) is 0. The second-order valence-electron chi connectivity index (χ2n) is 4.64. The first-order chi connectivity index (χ1) is 10.1. The summed E-state index contributed by atoms with van der Waals surface area (Å²) >= 11 is 0. The number of ether oxygens (including phenoxy) is 1. The summed E-state index contributed by atoms with van der Waals surface area (Å²) in [7, 11) is 0. The number of hydrogen-bond acceptors (Lipinski definition) is 4. The third-order valence-corrected chi connectivity index (χ3v) is 3.07. The molecule has 0 saturated heterocycles. The second kappa shape index (κ2) is 6.69. The van der Waals surface area contributed by atoms with E-state index in [1.165, 1.54) is 22.9 Å². The Morgan fingerprint density at radius 2 is 2.00 bits per heavy atom. The van der Waals surface area contributed by atoms with Crippen molar-refractivity contribution in [2.24, 2.45) is 0 Å². The number of aromatic nitrogens is 1. The van der Waals surface area contributed by atoms with Crippen LogP contribution in [0.15, 0.2) is 47.4 Å². The van der Waals surface area contributed by atoms with E-state index < -0.39 is 4.92 Å². The van der Waals surface area contributed by atoms with Gasteiger partial charge in [0, 0.05) is 18.7 Å². The molecule has 1 aromatic heterocycles. The summed E-state index contributed by atoms with van der Waals surface area (Å²) in [4.78, 5) is 21.8. The van der Waals surface area contributed by atoms with Crippen molar-refractivity contribution in [2.75, 3.05) is 6.61 Å². The maximum atomic E-state index is 11.6. The lowest BCUT2D eigenvalue weighted by atomic mass is 10.2. The quantitative estimate of drug-likeness (QED) is 0.465. The summed E-state index contributed by atoms with van der Waals surface area (Å²) in [6.07, 6.45) is 1.85. The van der Waals surface area contributed by atoms with E-state index in [1.54, 1.807) is 0 Å². The molecule has 2 aromatic rings. The van der Waals surface area contributed by atoms with Crippen LogP contribution in [0.5, 0.6) is 5.75 Å². The summed E-state index contributed by atoms with van der Waals surface area (Å²) in [5.74, 6) is 0.809. The molecule has 6 nitrogen and oxygen atoms in total. The standard InChI is InChI=1S/C15H16N2O4/c1-12-5-2-3-6-14(12)21-10-4-9-16-11-13(17(19)20)7-8-15(16)18/h2-3,5-8,11H,4,9-10H2,1H3. The third-order valence-electron chi connectivity index (χ3n) is 3.07. The fourth-order valence-electron chi connectivity index (χ4n) is 1.94. The summed E-state index contributed by atoms with van der Waals surface area (Å²) in [5, 5.41) is 10.7. The molecular weight excluding hydrogens is 272 g/mol. The number of nitrogens with zero attached hydrogens (tertiary/aromatic N) is 2. The van der Waals surface area contributed by atoms with Crippen molar-refractivity contribution in [3.8, 4) is 5.75 Å². The predicted octanol–water partition coefficient (Wildman–Crippen LogP) is 2.53. The Kier molecular flexibility index (Phi) is 4.71. The minimum atomic E-state index is -0.514. The average Bonchev–Trinajstić information content (AvgIpc) is 2.46. The van der Waals surface area contributed by atoms with Gasteiger partial charge in [-0.3, -0.25) is 14.9 Å². The van der Waals surface area contributed by atoms with Gasteiger partial charge < -0.3 is 9.30 Å². The molecule has 0 bridgehead atoms. The Morgan fingerprint density at radius 1 is 1.24 bits per heavy atom. The molecule has 0 spiro atoms. The van der Waals surface area contributed by atoms with Gasteiger partial charge in [0.15, 0.2) is 0 Å². The smallest absolute Gasteiger partial charge is 0.285 e. The monoisotopic (exact) mass is 288 g/mol. The minimum absolute atomic E-state index is 0.0885. The molecule has 0 aliphatic carbocycles. The fraction of sp³-hybridized carbons (Fsp3) is 0.267. The summed E-state index contributed by atoms with van der Waals surface area (Å²) in [6.45, 7) is 2.78. The van der Waals surface area contributed by atoms with Crippen molar-refractivity contribution in [3.63, 3.8) is 0 Å². The Morgan fingerprint density at radius 3 is 2.71 bits per heavy atom. The minimum Gasteiger partial charge on any atom is -0.493 e. The number of pyridine rings is 1. The van der Waals surface area contributed by atoms with E-state index in [4.69, 9.17) is 4.74 Å². The SMILES string of the molecule is Cc1ccccc1OCCCn1cc([N+](=O)[O-])ccc1=O. The zero-order valence-corrected chi connectivity index (χ0v) is 11.7. The molecule has 0 aliphatic heterocycles. The molecule has 0 amide bonds. The van der Waals surface area contributed by atoms with Gasteiger partial charge in [-0.15, -0.1) is 0 Å². The van der Waals surface area contributed by atoms with E-state index in [9.17, 15) is 14.9 Å². The van der Waals surface area contributed by atoms with E-state index in [1.807, 2.05) is 31.2 Å². The molecule has 0 fully saturated rings. The van der Waals surface area contributed by atoms with E-state index in [-0.39, 0.29) is 11.2 Å². The molecule has 0 N–H and O–H groups in total. The topological polar surface area (TPSA) is 74.4 Å². The van der Waals surface area contributed by atoms with E-state index in [0.717, 1.165) is 11.3 Å².